The topological polar surface area (TPSA) is 115 Å². The fraction of sp³-hybridized carbons (Fsp3) is 0.458. The average molecular weight is 454 g/mol. The van der Waals surface area contributed by atoms with E-state index in [2.05, 4.69) is 21.3 Å². The van der Waals surface area contributed by atoms with Crippen LogP contribution in [0.4, 0.5) is 11.5 Å². The fourth-order valence-corrected chi connectivity index (χ4v) is 5.42. The summed E-state index contributed by atoms with van der Waals surface area (Å²) in [5.74, 6) is -0.387. The van der Waals surface area contributed by atoms with E-state index in [1.807, 2.05) is 0 Å². The molecule has 2 aliphatic rings. The molecule has 168 valence electrons. The predicted molar refractivity (Wildman–Crippen MR) is 125 cm³/mol. The smallest absolute Gasteiger partial charge is 0.336 e. The molecular weight excluding hydrogens is 426 g/mol. The summed E-state index contributed by atoms with van der Waals surface area (Å²) in [6.07, 6.45) is 7.69. The molecule has 2 atom stereocenters. The zero-order valence-electron chi connectivity index (χ0n) is 18.0. The lowest BCUT2D eigenvalue weighted by atomic mass is 9.74. The van der Waals surface area contributed by atoms with E-state index in [4.69, 9.17) is 17.3 Å². The minimum absolute atomic E-state index is 0.0402. The second kappa shape index (κ2) is 9.76. The Balaban J connectivity index is 1.64. The number of fused-ring (bicyclic) bond motifs is 1. The summed E-state index contributed by atoms with van der Waals surface area (Å²) in [5.41, 5.74) is 9.46. The quantitative estimate of drug-likeness (QED) is 0.538. The molecule has 0 radical (unpaired) electrons. The SMILES string of the molecule is N#Cc1cccnc1NCCC1CCC(N2CCCCC2)c2c(N)c(Cl)cc(C(=O)O)c21. The third-order valence-electron chi connectivity index (χ3n) is 6.70. The second-order valence-corrected chi connectivity index (χ2v) is 8.97. The predicted octanol–water partition coefficient (Wildman–Crippen LogP) is 4.79. The number of carboxylic acid groups (broad SMARTS) is 1. The lowest BCUT2D eigenvalue weighted by Crippen LogP contribution is -2.37. The number of likely N-dealkylation sites (tertiary alicyclic amines) is 1. The van der Waals surface area contributed by atoms with E-state index in [9.17, 15) is 15.2 Å². The molecular formula is C24H28ClN5O2. The number of aromatic carboxylic acids is 1. The van der Waals surface area contributed by atoms with E-state index in [0.29, 0.717) is 35.1 Å². The number of nitrogen functional groups attached to an aromatic ring is 1. The van der Waals surface area contributed by atoms with E-state index in [1.165, 1.54) is 12.5 Å². The highest BCUT2D eigenvalue weighted by Gasteiger charge is 2.36. The molecule has 1 aromatic carbocycles. The Morgan fingerprint density at radius 3 is 2.81 bits per heavy atom. The zero-order chi connectivity index (χ0) is 22.7. The number of carboxylic acids is 1. The van der Waals surface area contributed by atoms with E-state index in [1.54, 1.807) is 18.3 Å². The number of carbonyl (C=O) groups is 1. The van der Waals surface area contributed by atoms with Crippen molar-refractivity contribution in [2.75, 3.05) is 30.7 Å². The zero-order valence-corrected chi connectivity index (χ0v) is 18.7. The summed E-state index contributed by atoms with van der Waals surface area (Å²) in [6.45, 7) is 2.58. The molecule has 8 heteroatoms. The van der Waals surface area contributed by atoms with Crippen LogP contribution in [0, 0.1) is 11.3 Å². The first-order valence-corrected chi connectivity index (χ1v) is 11.6. The summed E-state index contributed by atoms with van der Waals surface area (Å²) >= 11 is 6.41. The van der Waals surface area contributed by atoms with Crippen LogP contribution in [0.1, 0.15) is 77.5 Å². The van der Waals surface area contributed by atoms with Crippen LogP contribution in [0.25, 0.3) is 0 Å². The van der Waals surface area contributed by atoms with Crippen LogP contribution in [0.3, 0.4) is 0 Å². The normalized spacial score (nSPS) is 20.9. The molecule has 2 unspecified atom stereocenters. The Hall–Kier alpha value is -2.82. The van der Waals surface area contributed by atoms with Crippen molar-refractivity contribution in [3.05, 3.63) is 51.7 Å². The van der Waals surface area contributed by atoms with Crippen LogP contribution >= 0.6 is 11.6 Å². The first-order valence-electron chi connectivity index (χ1n) is 11.2. The molecule has 0 saturated carbocycles. The Bertz CT molecular complexity index is 1050. The number of nitrogens with two attached hydrogens (primary N) is 1. The number of pyridine rings is 1. The fourth-order valence-electron chi connectivity index (χ4n) is 5.21. The van der Waals surface area contributed by atoms with Crippen molar-refractivity contribution in [1.29, 1.82) is 5.26 Å². The molecule has 32 heavy (non-hydrogen) atoms. The van der Waals surface area contributed by atoms with E-state index >= 15 is 0 Å². The maximum Gasteiger partial charge on any atom is 0.336 e. The van der Waals surface area contributed by atoms with Gasteiger partial charge >= 0.3 is 5.97 Å². The summed E-state index contributed by atoms with van der Waals surface area (Å²) in [7, 11) is 0. The molecule has 1 aromatic heterocycles. The van der Waals surface area contributed by atoms with Gasteiger partial charge in [0.05, 0.1) is 21.8 Å². The first kappa shape index (κ1) is 22.4. The average Bonchev–Trinajstić information content (AvgIpc) is 2.82. The van der Waals surface area contributed by atoms with Crippen LogP contribution in [0.15, 0.2) is 24.4 Å². The molecule has 0 spiro atoms. The summed E-state index contributed by atoms with van der Waals surface area (Å²) in [6, 6.07) is 7.20. The monoisotopic (exact) mass is 453 g/mol. The standard InChI is InChI=1S/C24H28ClN5O2/c25-18-13-17(24(31)32)20-15(8-10-29-23-16(14-26)5-4-9-28-23)6-7-19(21(20)22(18)27)30-11-2-1-3-12-30/h4-5,9,13,15,19H,1-3,6-8,10-12,27H2,(H,28,29)(H,31,32). The van der Waals surface area contributed by atoms with Gasteiger partial charge in [-0.2, -0.15) is 5.26 Å². The van der Waals surface area contributed by atoms with Gasteiger partial charge in [-0.05, 0) is 80.4 Å². The van der Waals surface area contributed by atoms with Gasteiger partial charge in [-0.3, -0.25) is 4.90 Å². The van der Waals surface area contributed by atoms with Crippen LogP contribution in [-0.2, 0) is 0 Å². The first-order chi connectivity index (χ1) is 15.5. The molecule has 1 fully saturated rings. The lowest BCUT2D eigenvalue weighted by molar-refractivity contribution is 0.0693. The van der Waals surface area contributed by atoms with Crippen molar-refractivity contribution in [3.8, 4) is 6.07 Å². The van der Waals surface area contributed by atoms with Crippen molar-refractivity contribution in [1.82, 2.24) is 9.88 Å². The number of halogens is 1. The van der Waals surface area contributed by atoms with Gasteiger partial charge in [-0.15, -0.1) is 0 Å². The Morgan fingerprint density at radius 1 is 1.31 bits per heavy atom. The van der Waals surface area contributed by atoms with Crippen LogP contribution in [0.2, 0.25) is 5.02 Å². The molecule has 4 rings (SSSR count). The van der Waals surface area contributed by atoms with E-state index in [0.717, 1.165) is 49.9 Å². The third kappa shape index (κ3) is 4.38. The maximum atomic E-state index is 12.2. The highest BCUT2D eigenvalue weighted by molar-refractivity contribution is 6.33. The molecule has 1 saturated heterocycles. The van der Waals surface area contributed by atoms with Gasteiger partial charge in [-0.1, -0.05) is 18.0 Å². The highest BCUT2D eigenvalue weighted by atomic mass is 35.5. The molecule has 7 nitrogen and oxygen atoms in total. The second-order valence-electron chi connectivity index (χ2n) is 8.57. The van der Waals surface area contributed by atoms with Gasteiger partial charge in [0.15, 0.2) is 0 Å². The summed E-state index contributed by atoms with van der Waals surface area (Å²) in [4.78, 5) is 18.9. The van der Waals surface area contributed by atoms with Crippen LogP contribution < -0.4 is 11.1 Å². The minimum Gasteiger partial charge on any atom is -0.478 e. The number of nitrogens with zero attached hydrogens (tertiary/aromatic N) is 3. The Labute approximate surface area is 193 Å². The number of nitriles is 1. The van der Waals surface area contributed by atoms with Crippen LogP contribution in [-0.4, -0.2) is 40.6 Å². The molecule has 4 N–H and O–H groups in total. The number of piperidine rings is 1. The number of nitrogens with one attached hydrogen (secondary N) is 1. The van der Waals surface area contributed by atoms with Crippen molar-refractivity contribution in [3.63, 3.8) is 0 Å². The molecule has 0 amide bonds. The number of aromatic nitrogens is 1. The molecule has 1 aliphatic heterocycles. The number of hydrogen-bond donors (Lipinski definition) is 3. The van der Waals surface area contributed by atoms with Gasteiger partial charge in [0.1, 0.15) is 11.9 Å². The maximum absolute atomic E-state index is 12.2. The molecule has 0 bridgehead atoms. The highest BCUT2D eigenvalue weighted by Crippen LogP contribution is 2.48. The van der Waals surface area contributed by atoms with Crippen LogP contribution in [0.5, 0.6) is 0 Å². The number of hydrogen-bond acceptors (Lipinski definition) is 6. The number of anilines is 2. The van der Waals surface area contributed by atoms with Gasteiger partial charge in [-0.25, -0.2) is 9.78 Å². The van der Waals surface area contributed by atoms with Crippen molar-refractivity contribution >= 4 is 29.1 Å². The van der Waals surface area contributed by atoms with Gasteiger partial charge < -0.3 is 16.2 Å². The summed E-state index contributed by atoms with van der Waals surface area (Å²) in [5, 5.41) is 22.8. The Morgan fingerprint density at radius 2 is 2.09 bits per heavy atom. The Kier molecular flexibility index (Phi) is 6.83. The van der Waals surface area contributed by atoms with Gasteiger partial charge in [0.2, 0.25) is 0 Å². The number of benzene rings is 1. The lowest BCUT2D eigenvalue weighted by Gasteiger charge is -2.41. The van der Waals surface area contributed by atoms with Gasteiger partial charge in [0.25, 0.3) is 0 Å². The van der Waals surface area contributed by atoms with Crippen molar-refractivity contribution in [2.24, 2.45) is 0 Å². The summed E-state index contributed by atoms with van der Waals surface area (Å²) < 4.78 is 0. The number of rotatable bonds is 6. The van der Waals surface area contributed by atoms with E-state index in [-0.39, 0.29) is 17.5 Å². The molecule has 2 heterocycles. The molecule has 1 aliphatic carbocycles. The van der Waals surface area contributed by atoms with Gasteiger partial charge in [0, 0.05) is 18.8 Å². The largest absolute Gasteiger partial charge is 0.478 e. The van der Waals surface area contributed by atoms with Crippen molar-refractivity contribution < 1.29 is 9.90 Å². The van der Waals surface area contributed by atoms with Crippen molar-refractivity contribution in [2.45, 2.75) is 50.5 Å². The minimum atomic E-state index is -0.975. The van der Waals surface area contributed by atoms with E-state index < -0.39 is 5.97 Å². The third-order valence-corrected chi connectivity index (χ3v) is 7.02. The molecule has 2 aromatic rings.